The molecule has 1 N–H and O–H groups in total. The fourth-order valence-corrected chi connectivity index (χ4v) is 3.81. The highest BCUT2D eigenvalue weighted by Gasteiger charge is 2.47. The molecule has 2 nitrogen and oxygen atoms in total. The number of carboxylic acids is 1. The maximum atomic E-state index is 11.0. The zero-order valence-electron chi connectivity index (χ0n) is 10.8. The van der Waals surface area contributed by atoms with Gasteiger partial charge >= 0.3 is 5.97 Å². The Bertz CT molecular complexity index is 378. The van der Waals surface area contributed by atoms with Gasteiger partial charge in [-0.2, -0.15) is 0 Å². The first kappa shape index (κ1) is 12.4. The van der Waals surface area contributed by atoms with E-state index in [0.717, 1.165) is 19.3 Å². The van der Waals surface area contributed by atoms with Gasteiger partial charge in [-0.1, -0.05) is 32.1 Å². The molecule has 2 heteroatoms. The van der Waals surface area contributed by atoms with E-state index in [4.69, 9.17) is 5.11 Å². The molecule has 0 aromatic carbocycles. The fraction of sp³-hybridized carbons (Fsp3) is 0.667. The lowest BCUT2D eigenvalue weighted by molar-refractivity contribution is -0.133. The minimum atomic E-state index is -0.746. The second kappa shape index (κ2) is 4.32. The SMILES string of the molecule is C=C1CCC(C(C)C)C12CC=C(C(=O)O)CC2. The first-order valence-corrected chi connectivity index (χ1v) is 6.58. The van der Waals surface area contributed by atoms with Crippen molar-refractivity contribution in [2.45, 2.75) is 46.0 Å². The molecule has 0 amide bonds. The predicted molar refractivity (Wildman–Crippen MR) is 68.7 cm³/mol. The van der Waals surface area contributed by atoms with Crippen molar-refractivity contribution in [3.8, 4) is 0 Å². The highest BCUT2D eigenvalue weighted by Crippen LogP contribution is 2.57. The Kier molecular flexibility index (Phi) is 3.15. The van der Waals surface area contributed by atoms with E-state index in [0.29, 0.717) is 23.8 Å². The van der Waals surface area contributed by atoms with Crippen LogP contribution >= 0.6 is 0 Å². The van der Waals surface area contributed by atoms with Crippen molar-refractivity contribution in [2.75, 3.05) is 0 Å². The summed E-state index contributed by atoms with van der Waals surface area (Å²) in [6.45, 7) is 8.82. The van der Waals surface area contributed by atoms with Crippen molar-refractivity contribution < 1.29 is 9.90 Å². The number of hydrogen-bond acceptors (Lipinski definition) is 1. The molecule has 2 aliphatic carbocycles. The number of aliphatic carboxylic acids is 1. The first-order valence-electron chi connectivity index (χ1n) is 6.58. The van der Waals surface area contributed by atoms with Crippen LogP contribution in [0.15, 0.2) is 23.8 Å². The molecule has 1 spiro atoms. The van der Waals surface area contributed by atoms with Crippen molar-refractivity contribution >= 4 is 5.97 Å². The normalized spacial score (nSPS) is 33.2. The summed E-state index contributed by atoms with van der Waals surface area (Å²) >= 11 is 0. The fourth-order valence-electron chi connectivity index (χ4n) is 3.81. The van der Waals surface area contributed by atoms with Crippen molar-refractivity contribution in [2.24, 2.45) is 17.3 Å². The van der Waals surface area contributed by atoms with Gasteiger partial charge in [-0.3, -0.25) is 0 Å². The highest BCUT2D eigenvalue weighted by molar-refractivity contribution is 5.86. The maximum Gasteiger partial charge on any atom is 0.331 e. The lowest BCUT2D eigenvalue weighted by Crippen LogP contribution is -2.32. The van der Waals surface area contributed by atoms with Gasteiger partial charge in [0.2, 0.25) is 0 Å². The van der Waals surface area contributed by atoms with Gasteiger partial charge in [0.15, 0.2) is 0 Å². The Morgan fingerprint density at radius 1 is 1.53 bits per heavy atom. The van der Waals surface area contributed by atoms with Crippen molar-refractivity contribution in [3.05, 3.63) is 23.8 Å². The lowest BCUT2D eigenvalue weighted by atomic mass is 9.63. The van der Waals surface area contributed by atoms with Crippen molar-refractivity contribution in [1.29, 1.82) is 0 Å². The highest BCUT2D eigenvalue weighted by atomic mass is 16.4. The van der Waals surface area contributed by atoms with E-state index >= 15 is 0 Å². The van der Waals surface area contributed by atoms with Gasteiger partial charge in [0.05, 0.1) is 0 Å². The number of rotatable bonds is 2. The van der Waals surface area contributed by atoms with E-state index in [2.05, 4.69) is 20.4 Å². The van der Waals surface area contributed by atoms with Crippen LogP contribution in [0.1, 0.15) is 46.0 Å². The van der Waals surface area contributed by atoms with Crippen LogP contribution in [-0.4, -0.2) is 11.1 Å². The van der Waals surface area contributed by atoms with Crippen LogP contribution in [0.3, 0.4) is 0 Å². The summed E-state index contributed by atoms with van der Waals surface area (Å²) < 4.78 is 0. The Labute approximate surface area is 103 Å². The molecule has 2 rings (SSSR count). The average Bonchev–Trinajstić information content (AvgIpc) is 2.57. The molecule has 0 heterocycles. The smallest absolute Gasteiger partial charge is 0.331 e. The summed E-state index contributed by atoms with van der Waals surface area (Å²) in [6.07, 6.45) is 6.87. The summed E-state index contributed by atoms with van der Waals surface area (Å²) in [4.78, 5) is 11.0. The Hall–Kier alpha value is -1.05. The lowest BCUT2D eigenvalue weighted by Gasteiger charge is -2.41. The minimum Gasteiger partial charge on any atom is -0.478 e. The summed E-state index contributed by atoms with van der Waals surface area (Å²) in [5.74, 6) is 0.597. The quantitative estimate of drug-likeness (QED) is 0.738. The molecule has 0 bridgehead atoms. The van der Waals surface area contributed by atoms with Gasteiger partial charge in [0, 0.05) is 5.57 Å². The van der Waals surface area contributed by atoms with Crippen LogP contribution in [-0.2, 0) is 4.79 Å². The van der Waals surface area contributed by atoms with Gasteiger partial charge in [-0.05, 0) is 49.4 Å². The predicted octanol–water partition coefficient (Wildman–Crippen LogP) is 3.79. The van der Waals surface area contributed by atoms with E-state index in [-0.39, 0.29) is 5.41 Å². The number of carboxylic acid groups (broad SMARTS) is 1. The summed E-state index contributed by atoms with van der Waals surface area (Å²) in [7, 11) is 0. The molecule has 1 fully saturated rings. The van der Waals surface area contributed by atoms with Gasteiger partial charge < -0.3 is 5.11 Å². The molecule has 1 saturated carbocycles. The molecule has 2 unspecified atom stereocenters. The van der Waals surface area contributed by atoms with E-state index < -0.39 is 5.97 Å². The van der Waals surface area contributed by atoms with Crippen LogP contribution in [0.5, 0.6) is 0 Å². The Morgan fingerprint density at radius 3 is 2.71 bits per heavy atom. The standard InChI is InChI=1S/C15H22O2/c1-10(2)13-5-4-11(3)15(13)8-6-12(7-9-15)14(16)17/h6,10,13H,3-5,7-9H2,1-2H3,(H,16,17). The molecule has 0 saturated heterocycles. The largest absolute Gasteiger partial charge is 0.478 e. The summed E-state index contributed by atoms with van der Waals surface area (Å²) in [5.41, 5.74) is 2.15. The topological polar surface area (TPSA) is 37.3 Å². The van der Waals surface area contributed by atoms with Gasteiger partial charge in [-0.25, -0.2) is 4.79 Å². The number of carbonyl (C=O) groups is 1. The third-order valence-corrected chi connectivity index (χ3v) is 4.80. The third-order valence-electron chi connectivity index (χ3n) is 4.80. The molecule has 94 valence electrons. The monoisotopic (exact) mass is 234 g/mol. The molecule has 0 aromatic rings. The van der Waals surface area contributed by atoms with Crippen LogP contribution in [0.4, 0.5) is 0 Å². The molecular formula is C15H22O2. The zero-order valence-corrected chi connectivity index (χ0v) is 10.8. The maximum absolute atomic E-state index is 11.0. The molecule has 17 heavy (non-hydrogen) atoms. The Morgan fingerprint density at radius 2 is 2.24 bits per heavy atom. The number of allylic oxidation sites excluding steroid dienone is 2. The van der Waals surface area contributed by atoms with Crippen LogP contribution in [0.25, 0.3) is 0 Å². The van der Waals surface area contributed by atoms with E-state index in [1.807, 2.05) is 6.08 Å². The summed E-state index contributed by atoms with van der Waals surface area (Å²) in [6, 6.07) is 0. The van der Waals surface area contributed by atoms with Crippen LogP contribution < -0.4 is 0 Å². The molecule has 2 aliphatic rings. The average molecular weight is 234 g/mol. The van der Waals surface area contributed by atoms with E-state index in [9.17, 15) is 4.79 Å². The van der Waals surface area contributed by atoms with Crippen molar-refractivity contribution in [3.63, 3.8) is 0 Å². The van der Waals surface area contributed by atoms with E-state index in [1.54, 1.807) is 0 Å². The molecule has 0 aromatic heterocycles. The first-order chi connectivity index (χ1) is 7.97. The van der Waals surface area contributed by atoms with E-state index in [1.165, 1.54) is 12.0 Å². The second-order valence-electron chi connectivity index (χ2n) is 5.89. The zero-order chi connectivity index (χ0) is 12.6. The van der Waals surface area contributed by atoms with Gasteiger partial charge in [0.1, 0.15) is 0 Å². The molecular weight excluding hydrogens is 212 g/mol. The third kappa shape index (κ3) is 1.94. The van der Waals surface area contributed by atoms with Crippen LogP contribution in [0, 0.1) is 17.3 Å². The molecule has 0 radical (unpaired) electrons. The molecule has 2 atom stereocenters. The van der Waals surface area contributed by atoms with Crippen LogP contribution in [0.2, 0.25) is 0 Å². The van der Waals surface area contributed by atoms with Crippen molar-refractivity contribution in [1.82, 2.24) is 0 Å². The summed E-state index contributed by atoms with van der Waals surface area (Å²) in [5, 5.41) is 9.02. The minimum absolute atomic E-state index is 0.202. The Balaban J connectivity index is 2.25. The second-order valence-corrected chi connectivity index (χ2v) is 5.89. The number of hydrogen-bond donors (Lipinski definition) is 1. The molecule has 0 aliphatic heterocycles. The van der Waals surface area contributed by atoms with Gasteiger partial charge in [0.25, 0.3) is 0 Å². The van der Waals surface area contributed by atoms with Gasteiger partial charge in [-0.15, -0.1) is 0 Å².